The molecule has 2 unspecified atom stereocenters. The molecule has 23 heavy (non-hydrogen) atoms. The van der Waals surface area contributed by atoms with Crippen molar-refractivity contribution in [3.05, 3.63) is 48.8 Å². The summed E-state index contributed by atoms with van der Waals surface area (Å²) in [7, 11) is -1.23. The minimum Gasteiger partial charge on any atom is -0.490 e. The van der Waals surface area contributed by atoms with Crippen molar-refractivity contribution in [1.82, 2.24) is 14.8 Å². The molecule has 6 nitrogen and oxygen atoms in total. The number of fused-ring (bicyclic) bond motifs is 1. The van der Waals surface area contributed by atoms with Crippen molar-refractivity contribution >= 4 is 21.6 Å². The molecule has 0 fully saturated rings. The molecule has 7 heteroatoms. The van der Waals surface area contributed by atoms with Crippen molar-refractivity contribution in [3.8, 4) is 5.75 Å². The maximum atomic E-state index is 11.3. The molecule has 0 saturated heterocycles. The summed E-state index contributed by atoms with van der Waals surface area (Å²) in [6.45, 7) is 0.368. The first kappa shape index (κ1) is 15.6. The zero-order valence-corrected chi connectivity index (χ0v) is 13.4. The fourth-order valence-electron chi connectivity index (χ4n) is 2.27. The van der Waals surface area contributed by atoms with Gasteiger partial charge in [-0.05, 0) is 11.5 Å². The zero-order valence-electron chi connectivity index (χ0n) is 12.6. The highest BCUT2D eigenvalue weighted by atomic mass is 32.2. The molecule has 3 aromatic rings. The molecule has 120 valence electrons. The van der Waals surface area contributed by atoms with E-state index in [9.17, 15) is 9.32 Å². The Morgan fingerprint density at radius 2 is 2.04 bits per heavy atom. The average Bonchev–Trinajstić information content (AvgIpc) is 3.01. The third kappa shape index (κ3) is 3.75. The predicted octanol–water partition coefficient (Wildman–Crippen LogP) is 1.61. The number of nitrogens with zero attached hydrogens (tertiary/aromatic N) is 3. The highest BCUT2D eigenvalue weighted by Gasteiger charge is 2.11. The summed E-state index contributed by atoms with van der Waals surface area (Å²) in [4.78, 5) is 3.93. The molecular formula is C16H17N3O3S. The van der Waals surface area contributed by atoms with Gasteiger partial charge >= 0.3 is 0 Å². The number of aromatic nitrogens is 3. The number of aliphatic hydroxyl groups is 1. The van der Waals surface area contributed by atoms with Gasteiger partial charge in [-0.3, -0.25) is 4.21 Å². The van der Waals surface area contributed by atoms with E-state index in [2.05, 4.69) is 10.1 Å². The second-order valence-electron chi connectivity index (χ2n) is 5.15. The topological polar surface area (TPSA) is 77.2 Å². The Morgan fingerprint density at radius 3 is 2.83 bits per heavy atom. The molecule has 0 radical (unpaired) electrons. The van der Waals surface area contributed by atoms with Crippen molar-refractivity contribution < 1.29 is 14.1 Å². The van der Waals surface area contributed by atoms with Gasteiger partial charge in [-0.1, -0.05) is 36.4 Å². The summed E-state index contributed by atoms with van der Waals surface area (Å²) in [5.41, 5.74) is 0. The molecule has 1 heterocycles. The molecule has 0 aliphatic rings. The number of hydrogen-bond acceptors (Lipinski definition) is 5. The Kier molecular flexibility index (Phi) is 4.68. The monoisotopic (exact) mass is 331 g/mol. The summed E-state index contributed by atoms with van der Waals surface area (Å²) in [5, 5.41) is 16.5. The summed E-state index contributed by atoms with van der Waals surface area (Å²) >= 11 is 0. The van der Waals surface area contributed by atoms with Gasteiger partial charge < -0.3 is 9.84 Å². The molecule has 1 N–H and O–H groups in total. The molecule has 2 aromatic carbocycles. The molecule has 0 amide bonds. The maximum absolute atomic E-state index is 11.3. The predicted molar refractivity (Wildman–Crippen MR) is 87.8 cm³/mol. The second-order valence-corrected chi connectivity index (χ2v) is 6.42. The normalized spacial score (nSPS) is 13.8. The lowest BCUT2D eigenvalue weighted by Gasteiger charge is -2.13. The third-order valence-corrected chi connectivity index (χ3v) is 4.05. The van der Waals surface area contributed by atoms with Crippen molar-refractivity contribution in [2.75, 3.05) is 12.9 Å². The largest absolute Gasteiger partial charge is 0.490 e. The van der Waals surface area contributed by atoms with Crippen LogP contribution in [0.5, 0.6) is 5.75 Å². The number of ether oxygens (including phenoxy) is 1. The molecule has 3 rings (SSSR count). The van der Waals surface area contributed by atoms with E-state index in [1.807, 2.05) is 42.5 Å². The quantitative estimate of drug-likeness (QED) is 0.742. The molecule has 0 aliphatic heterocycles. The lowest BCUT2D eigenvalue weighted by atomic mass is 10.1. The van der Waals surface area contributed by atoms with E-state index >= 15 is 0 Å². The van der Waals surface area contributed by atoms with Crippen LogP contribution in [-0.2, 0) is 17.3 Å². The van der Waals surface area contributed by atoms with Crippen LogP contribution in [-0.4, -0.2) is 43.0 Å². The molecule has 0 saturated carbocycles. The summed E-state index contributed by atoms with van der Waals surface area (Å²) < 4.78 is 18.5. The zero-order chi connectivity index (χ0) is 16.2. The highest BCUT2D eigenvalue weighted by molar-refractivity contribution is 7.84. The number of rotatable bonds is 6. The van der Waals surface area contributed by atoms with E-state index in [0.717, 1.165) is 16.5 Å². The van der Waals surface area contributed by atoms with Gasteiger partial charge in [0.05, 0.1) is 17.3 Å². The molecule has 0 aliphatic carbocycles. The molecule has 1 aromatic heterocycles. The summed E-state index contributed by atoms with van der Waals surface area (Å²) in [6.07, 6.45) is 2.23. The van der Waals surface area contributed by atoms with Crippen LogP contribution < -0.4 is 4.74 Å². The minimum atomic E-state index is -1.23. The SMILES string of the molecule is CS(=O)c1ncn(CC(O)COc2cccc3ccccc23)n1. The van der Waals surface area contributed by atoms with E-state index < -0.39 is 16.9 Å². The Morgan fingerprint density at radius 1 is 1.26 bits per heavy atom. The van der Waals surface area contributed by atoms with Crippen LogP contribution in [0.3, 0.4) is 0 Å². The van der Waals surface area contributed by atoms with Gasteiger partial charge in [0.15, 0.2) is 0 Å². The smallest absolute Gasteiger partial charge is 0.238 e. The first-order chi connectivity index (χ1) is 11.1. The van der Waals surface area contributed by atoms with Crippen LogP contribution in [0.4, 0.5) is 0 Å². The lowest BCUT2D eigenvalue weighted by Crippen LogP contribution is -2.24. The first-order valence-corrected chi connectivity index (χ1v) is 8.71. The summed E-state index contributed by atoms with van der Waals surface area (Å²) in [5.74, 6) is 0.732. The highest BCUT2D eigenvalue weighted by Crippen LogP contribution is 2.25. The van der Waals surface area contributed by atoms with E-state index in [1.165, 1.54) is 17.3 Å². The molecular weight excluding hydrogens is 314 g/mol. The molecule has 0 spiro atoms. The standard InChI is InChI=1S/C16H17N3O3S/c1-23(21)16-17-11-19(18-16)9-13(20)10-22-15-8-4-6-12-5-2-3-7-14(12)15/h2-8,11,13,20H,9-10H2,1H3. The number of benzene rings is 2. The Labute approximate surface area is 136 Å². The van der Waals surface area contributed by atoms with E-state index in [4.69, 9.17) is 4.74 Å². The van der Waals surface area contributed by atoms with Crippen molar-refractivity contribution in [2.45, 2.75) is 17.8 Å². The molecule has 2 atom stereocenters. The molecule has 0 bridgehead atoms. The second kappa shape index (κ2) is 6.89. The van der Waals surface area contributed by atoms with Crippen molar-refractivity contribution in [2.24, 2.45) is 0 Å². The van der Waals surface area contributed by atoms with E-state index in [1.54, 1.807) is 0 Å². The fourth-order valence-corrected chi connectivity index (χ4v) is 2.69. The fraction of sp³-hybridized carbons (Fsp3) is 0.250. The number of hydrogen-bond donors (Lipinski definition) is 1. The Bertz CT molecular complexity index is 829. The van der Waals surface area contributed by atoms with Crippen LogP contribution in [0.25, 0.3) is 10.8 Å². The van der Waals surface area contributed by atoms with Gasteiger partial charge in [-0.2, -0.15) is 0 Å². The minimum absolute atomic E-state index is 0.137. The van der Waals surface area contributed by atoms with Gasteiger partial charge in [0.2, 0.25) is 5.16 Å². The van der Waals surface area contributed by atoms with Gasteiger partial charge in [0.25, 0.3) is 0 Å². The first-order valence-electron chi connectivity index (χ1n) is 7.15. The van der Waals surface area contributed by atoms with Gasteiger partial charge in [-0.15, -0.1) is 5.10 Å². The van der Waals surface area contributed by atoms with Crippen LogP contribution in [0.15, 0.2) is 53.9 Å². The van der Waals surface area contributed by atoms with Gasteiger partial charge in [0, 0.05) is 11.6 Å². The number of aliphatic hydroxyl groups excluding tert-OH is 1. The van der Waals surface area contributed by atoms with E-state index in [-0.39, 0.29) is 18.3 Å². The Hall–Kier alpha value is -2.25. The van der Waals surface area contributed by atoms with Crippen LogP contribution in [0.2, 0.25) is 0 Å². The van der Waals surface area contributed by atoms with Crippen LogP contribution in [0, 0.1) is 0 Å². The van der Waals surface area contributed by atoms with Crippen molar-refractivity contribution in [3.63, 3.8) is 0 Å². The lowest BCUT2D eigenvalue weighted by molar-refractivity contribution is 0.0897. The summed E-state index contributed by atoms with van der Waals surface area (Å²) in [6, 6.07) is 13.7. The van der Waals surface area contributed by atoms with Crippen molar-refractivity contribution in [1.29, 1.82) is 0 Å². The van der Waals surface area contributed by atoms with Gasteiger partial charge in [-0.25, -0.2) is 9.67 Å². The van der Waals surface area contributed by atoms with Crippen LogP contribution in [0.1, 0.15) is 0 Å². The van der Waals surface area contributed by atoms with E-state index in [0.29, 0.717) is 0 Å². The average molecular weight is 331 g/mol. The van der Waals surface area contributed by atoms with Gasteiger partial charge in [0.1, 0.15) is 24.8 Å². The third-order valence-electron chi connectivity index (χ3n) is 3.35. The van der Waals surface area contributed by atoms with Crippen LogP contribution >= 0.6 is 0 Å². The Balaban J connectivity index is 1.63. The maximum Gasteiger partial charge on any atom is 0.238 e.